The predicted molar refractivity (Wildman–Crippen MR) is 328 cm³/mol. The second kappa shape index (κ2) is 45.8. The smallest absolute Gasteiger partial charge is 0.0654 e. The fourth-order valence-electron chi connectivity index (χ4n) is 11.3. The molecule has 0 bridgehead atoms. The maximum atomic E-state index is 7.18. The molecule has 0 atom stereocenters. The van der Waals surface area contributed by atoms with E-state index in [4.69, 9.17) is 9.47 Å². The summed E-state index contributed by atoms with van der Waals surface area (Å²) >= 11 is -0.973. The average molecular weight is 1230 g/mol. The Hall–Kier alpha value is 0.597. The molecule has 0 saturated heterocycles. The quantitative estimate of drug-likeness (QED) is 0.0485. The zero-order chi connectivity index (χ0) is 50.6. The van der Waals surface area contributed by atoms with Crippen molar-refractivity contribution in [1.82, 2.24) is 0 Å². The van der Waals surface area contributed by atoms with E-state index in [1.54, 1.807) is 0 Å². The Labute approximate surface area is 456 Å². The monoisotopic (exact) mass is 1230 g/mol. The molecule has 2 nitrogen and oxygen atoms in total. The summed E-state index contributed by atoms with van der Waals surface area (Å²) < 4.78 is 27.1. The van der Waals surface area contributed by atoms with E-state index in [1.807, 2.05) is 5.79 Å². The Morgan fingerprint density at radius 3 is 0.686 bits per heavy atom. The molecule has 0 aliphatic heterocycles. The van der Waals surface area contributed by atoms with E-state index in [9.17, 15) is 0 Å². The second-order valence-corrected chi connectivity index (χ2v) is 53.1. The minimum Gasteiger partial charge on any atom is -0.0654 e. The Morgan fingerprint density at radius 1 is 0.271 bits per heavy atom. The van der Waals surface area contributed by atoms with Crippen LogP contribution in [-0.4, -0.2) is 50.0 Å². The molecule has 2 aromatic rings. The first-order chi connectivity index (χ1) is 34.4. The fourth-order valence-corrected chi connectivity index (χ4v) is 51.8. The predicted octanol–water partition coefficient (Wildman–Crippen LogP) is 23.3. The topological polar surface area (TPSA) is 18.5 Å². The minimum absolute atomic E-state index is 0.864. The van der Waals surface area contributed by atoms with Gasteiger partial charge in [-0.05, 0) is 0 Å². The molecule has 0 aliphatic rings. The molecular formula is C64H122O2S2Sn2. The summed E-state index contributed by atoms with van der Waals surface area (Å²) in [6.07, 6.45) is 55.5. The van der Waals surface area contributed by atoms with Crippen LogP contribution in [0.5, 0.6) is 11.5 Å². The number of hydrogen-bond donors (Lipinski definition) is 0. The maximum absolute atomic E-state index is 7.18. The molecule has 0 fully saturated rings. The van der Waals surface area contributed by atoms with Crippen LogP contribution in [0, 0.1) is 0 Å². The Kier molecular flexibility index (Phi) is 43.6. The molecule has 0 amide bonds. The molecule has 0 radical (unpaired) electrons. The van der Waals surface area contributed by atoms with Gasteiger partial charge in [-0.25, -0.2) is 0 Å². The van der Waals surface area contributed by atoms with Gasteiger partial charge in [0.05, 0.1) is 0 Å². The van der Waals surface area contributed by atoms with Crippen LogP contribution in [0.15, 0.2) is 12.1 Å². The Morgan fingerprint density at radius 2 is 0.471 bits per heavy atom. The summed E-state index contributed by atoms with van der Waals surface area (Å²) in [7, 11) is 0. The summed E-state index contributed by atoms with van der Waals surface area (Å²) in [6, 6.07) is 5.39. The molecule has 0 unspecified atom stereocenters. The zero-order valence-corrected chi connectivity index (χ0v) is 56.1. The Bertz CT molecular complexity index is 1280. The SMILES string of the molecule is CCCCCCCCCCCCCCCCOc1c[c]([Sn]([CH2]CCC)([CH2]CCC)[CH2]CCC)sc1-c1s[c]([Sn]([CH2]CCC)([CH2]CCC)[CH2]CCC)cc1OCCCCCCCCCCCCCCCC. The molecule has 70 heavy (non-hydrogen) atoms. The van der Waals surface area contributed by atoms with Crippen LogP contribution in [0.4, 0.5) is 0 Å². The third-order valence-corrected chi connectivity index (χ3v) is 55.0. The molecule has 2 rings (SSSR count). The van der Waals surface area contributed by atoms with E-state index in [-0.39, 0.29) is 0 Å². The van der Waals surface area contributed by atoms with Gasteiger partial charge in [0.1, 0.15) is 0 Å². The first kappa shape index (κ1) is 66.7. The van der Waals surface area contributed by atoms with Crippen LogP contribution >= 0.6 is 22.7 Å². The zero-order valence-electron chi connectivity index (χ0n) is 48.7. The second-order valence-electron chi connectivity index (χ2n) is 22.7. The molecule has 0 aliphatic carbocycles. The average Bonchev–Trinajstić information content (AvgIpc) is 4.01. The van der Waals surface area contributed by atoms with Crippen molar-refractivity contribution in [3.05, 3.63) is 12.1 Å². The molecule has 0 saturated carbocycles. The summed E-state index contributed by atoms with van der Waals surface area (Å²) in [5.41, 5.74) is 0. The molecule has 2 aromatic heterocycles. The van der Waals surface area contributed by atoms with Crippen molar-refractivity contribution in [3.8, 4) is 21.3 Å². The summed E-state index contributed by atoms with van der Waals surface area (Å²) in [5.74, 6) is 2.48. The van der Waals surface area contributed by atoms with Gasteiger partial charge in [-0.3, -0.25) is 0 Å². The fraction of sp³-hybridized carbons (Fsp3) is 0.875. The van der Waals surface area contributed by atoms with Crippen molar-refractivity contribution in [3.63, 3.8) is 0 Å². The van der Waals surface area contributed by atoms with Gasteiger partial charge in [0.25, 0.3) is 0 Å². The Balaban J connectivity index is 2.38. The van der Waals surface area contributed by atoms with E-state index in [2.05, 4.69) is 90.2 Å². The van der Waals surface area contributed by atoms with Gasteiger partial charge in [-0.15, -0.1) is 0 Å². The summed E-state index contributed by atoms with van der Waals surface area (Å²) in [5, 5.41) is 0. The number of rotatable bonds is 53. The van der Waals surface area contributed by atoms with E-state index in [0.29, 0.717) is 0 Å². The molecule has 6 heteroatoms. The summed E-state index contributed by atoms with van der Waals surface area (Å²) in [4.78, 5) is 2.94. The van der Waals surface area contributed by atoms with E-state index in [0.717, 1.165) is 13.2 Å². The van der Waals surface area contributed by atoms with Crippen LogP contribution in [0.2, 0.25) is 26.6 Å². The van der Waals surface area contributed by atoms with Gasteiger partial charge >= 0.3 is 356 Å². The molecule has 0 spiro atoms. The number of ether oxygens (including phenoxy) is 2. The van der Waals surface area contributed by atoms with Crippen molar-refractivity contribution >= 4 is 65.2 Å². The van der Waals surface area contributed by atoms with E-state index < -0.39 is 36.8 Å². The first-order valence-electron chi connectivity index (χ1n) is 32.0. The normalized spacial score (nSPS) is 12.2. The van der Waals surface area contributed by atoms with Gasteiger partial charge in [0.15, 0.2) is 0 Å². The van der Waals surface area contributed by atoms with Crippen molar-refractivity contribution in [2.24, 2.45) is 0 Å². The number of hydrogen-bond acceptors (Lipinski definition) is 4. The third-order valence-electron chi connectivity index (χ3n) is 16.2. The minimum atomic E-state index is -2.72. The van der Waals surface area contributed by atoms with Crippen LogP contribution in [0.25, 0.3) is 9.75 Å². The van der Waals surface area contributed by atoms with E-state index >= 15 is 0 Å². The van der Waals surface area contributed by atoms with Crippen LogP contribution in [0.3, 0.4) is 0 Å². The van der Waals surface area contributed by atoms with Crippen molar-refractivity contribution in [2.75, 3.05) is 13.2 Å². The third kappa shape index (κ3) is 28.7. The van der Waals surface area contributed by atoms with Crippen LogP contribution in [0.1, 0.15) is 312 Å². The van der Waals surface area contributed by atoms with Crippen molar-refractivity contribution in [2.45, 2.75) is 339 Å². The van der Waals surface area contributed by atoms with Gasteiger partial charge < -0.3 is 0 Å². The van der Waals surface area contributed by atoms with Crippen LogP contribution < -0.4 is 15.3 Å². The van der Waals surface area contributed by atoms with E-state index in [1.165, 1.54) is 305 Å². The molecule has 0 N–H and O–H groups in total. The number of thiophene rings is 2. The first-order valence-corrected chi connectivity index (χ1v) is 48.6. The van der Waals surface area contributed by atoms with Crippen molar-refractivity contribution in [1.29, 1.82) is 0 Å². The van der Waals surface area contributed by atoms with Gasteiger partial charge in [-0.2, -0.15) is 0 Å². The number of unbranched alkanes of at least 4 members (excludes halogenated alkanes) is 32. The molecule has 0 aromatic carbocycles. The summed E-state index contributed by atoms with van der Waals surface area (Å²) in [6.45, 7) is 21.0. The van der Waals surface area contributed by atoms with Gasteiger partial charge in [-0.1, -0.05) is 104 Å². The standard InChI is InChI=1S/C40H68O2S2.6C4H9.2Sn/c1-3-5-7-9-11-13-15-17-19-21-23-25-27-29-33-41-37-31-35-43-39(37)40-38(32-36-44-40)42-34-30-28-26-24-22-20-18-16-14-12-10-8-6-4-2;6*1-3-4-2;;/h31-32H,3-30,33-34H2,1-2H3;6*1,3-4H2,2H3;;. The molecular weight excluding hydrogens is 1100 g/mol. The van der Waals surface area contributed by atoms with Crippen LogP contribution in [-0.2, 0) is 0 Å². The molecule has 410 valence electrons. The molecule has 2 heterocycles. The van der Waals surface area contributed by atoms with Crippen molar-refractivity contribution < 1.29 is 9.47 Å². The van der Waals surface area contributed by atoms with Gasteiger partial charge in [0, 0.05) is 0 Å². The van der Waals surface area contributed by atoms with Gasteiger partial charge in [0.2, 0.25) is 0 Å².